The molecule has 43 nitrogen and oxygen atoms in total. The van der Waals surface area contributed by atoms with Crippen molar-refractivity contribution in [1.29, 1.82) is 0 Å². The molecule has 0 bridgehead atoms. The third-order valence-electron chi connectivity index (χ3n) is 17.9. The molecule has 4 saturated heterocycles. The summed E-state index contributed by atoms with van der Waals surface area (Å²) in [7, 11) is 0. The average molecular weight is 1490 g/mol. The molecule has 12 amide bonds. The fourth-order valence-electron chi connectivity index (χ4n) is 12.3. The number of imidazole rings is 1. The number of aromatic amines is 1. The van der Waals surface area contributed by atoms with Crippen LogP contribution in [0.5, 0.6) is 0 Å². The molecular weight excluding hydrogens is 1390 g/mol. The van der Waals surface area contributed by atoms with Gasteiger partial charge in [-0.2, -0.15) is 0 Å². The number of amides is 12. The van der Waals surface area contributed by atoms with E-state index in [-0.39, 0.29) is 38.8 Å². The highest BCUT2D eigenvalue weighted by molar-refractivity contribution is 5.99. The van der Waals surface area contributed by atoms with Crippen molar-refractivity contribution in [2.24, 2.45) is 11.7 Å². The van der Waals surface area contributed by atoms with Crippen LogP contribution in [0.4, 0.5) is 0 Å². The number of nitrogens with zero attached hydrogens (tertiary/aromatic N) is 4. The van der Waals surface area contributed by atoms with Crippen LogP contribution in [0.25, 0.3) is 0 Å². The normalized spacial score (nSPS) is 26.4. The van der Waals surface area contributed by atoms with Gasteiger partial charge in [0.15, 0.2) is 12.3 Å². The maximum absolute atomic E-state index is 14.4. The summed E-state index contributed by atoms with van der Waals surface area (Å²) in [6, 6.07) is -17.6. The van der Waals surface area contributed by atoms with Crippen molar-refractivity contribution < 1.29 is 138 Å². The second-order valence-corrected chi connectivity index (χ2v) is 26.1. The number of hydrogen-bond acceptors (Lipinski definition) is 28. The monoisotopic (exact) mass is 1490 g/mol. The molecule has 22 atom stereocenters. The van der Waals surface area contributed by atoms with Crippen LogP contribution < -0.4 is 53.6 Å². The van der Waals surface area contributed by atoms with Gasteiger partial charge in [-0.3, -0.25) is 62.4 Å². The number of carbonyl (C=O) groups excluding carboxylic acids is 12. The topological polar surface area (TPSA) is 662 Å². The van der Waals surface area contributed by atoms with Gasteiger partial charge in [0.25, 0.3) is 5.79 Å². The summed E-state index contributed by atoms with van der Waals surface area (Å²) in [5.41, 5.74) is 6.13. The van der Waals surface area contributed by atoms with Crippen LogP contribution in [-0.4, -0.2) is 343 Å². The van der Waals surface area contributed by atoms with E-state index in [0.29, 0.717) is 17.0 Å². The molecule has 104 heavy (non-hydrogen) atoms. The molecule has 1 aromatic rings. The number of ether oxygens (including phenoxy) is 3. The van der Waals surface area contributed by atoms with Gasteiger partial charge in [-0.25, -0.2) is 14.6 Å². The molecular formula is C61H97N15O28. The number of nitrogens with two attached hydrogens (primary N) is 1. The number of aliphatic hydroxyl groups is 9. The lowest BCUT2D eigenvalue weighted by Crippen LogP contribution is -2.72. The summed E-state index contributed by atoms with van der Waals surface area (Å²) in [6.45, 7) is 4.21. The zero-order chi connectivity index (χ0) is 78.1. The molecule has 4 fully saturated rings. The first-order valence-corrected chi connectivity index (χ1v) is 33.4. The summed E-state index contributed by atoms with van der Waals surface area (Å²) >= 11 is 0. The minimum absolute atomic E-state index is 0.0257. The molecule has 4 aliphatic rings. The Bertz CT molecular complexity index is 3220. The molecule has 584 valence electrons. The van der Waals surface area contributed by atoms with Gasteiger partial charge in [0.2, 0.25) is 70.9 Å². The number of H-pyrrole nitrogens is 1. The van der Waals surface area contributed by atoms with Crippen LogP contribution in [-0.2, 0) is 87.8 Å². The summed E-state index contributed by atoms with van der Waals surface area (Å²) in [5, 5.41) is 137. The molecule has 23 N–H and O–H groups in total. The van der Waals surface area contributed by atoms with Crippen LogP contribution in [0.3, 0.4) is 0 Å². The molecule has 1 aromatic heterocycles. The summed E-state index contributed by atoms with van der Waals surface area (Å²) in [4.78, 5) is 197. The largest absolute Gasteiger partial charge is 0.480 e. The number of aliphatic hydroxyl groups excluding tert-OH is 9. The first-order chi connectivity index (χ1) is 48.7. The Kier molecular flexibility index (Phi) is 31.7. The second-order valence-electron chi connectivity index (χ2n) is 26.1. The highest BCUT2D eigenvalue weighted by Gasteiger charge is 2.58. The number of carboxylic acids is 2. The summed E-state index contributed by atoms with van der Waals surface area (Å²) < 4.78 is 17.2. The predicted molar refractivity (Wildman–Crippen MR) is 347 cm³/mol. The maximum atomic E-state index is 14.4. The number of carboxylic acid groups (broad SMARTS) is 2. The van der Waals surface area contributed by atoms with Crippen molar-refractivity contribution >= 4 is 82.8 Å². The lowest BCUT2D eigenvalue weighted by Gasteiger charge is -2.49. The van der Waals surface area contributed by atoms with Crippen molar-refractivity contribution in [3.63, 3.8) is 0 Å². The second kappa shape index (κ2) is 38.3. The van der Waals surface area contributed by atoms with Crippen LogP contribution >= 0.6 is 0 Å². The van der Waals surface area contributed by atoms with E-state index in [9.17, 15) is 123 Å². The fraction of sp³-hybridized carbons (Fsp3) is 0.721. The summed E-state index contributed by atoms with van der Waals surface area (Å²) in [5.74, 6) is -18.9. The Labute approximate surface area is 594 Å². The van der Waals surface area contributed by atoms with Crippen molar-refractivity contribution in [1.82, 2.24) is 72.5 Å². The molecule has 0 spiro atoms. The van der Waals surface area contributed by atoms with Crippen molar-refractivity contribution in [3.8, 4) is 0 Å². The molecule has 0 unspecified atom stereocenters. The standard InChI is InChI=1S/C61H97N15O28/c1-24(2)41(54(94)73-43(28(6)80)59(98)99)71-39(85)19-64-51(91)32(15-31-18-63-23-65-31)70-50(90)25(3)66-52(92)33-11-9-13-74(33)57(97)34-12-10-14-75(34)56(96)26(4)67-55(95)42(27(5)79)72-53(93)35(20-77)76(40(86)17-62)58-45(69-30(8)82)48(89)47(88)38(103-58)22-102-61(60(100)101)16-36(83)44(68-29(7)81)49(104-61)46(87)37(84)21-78/h18,23-28,32-38,41-49,58,77-80,83-84,87-89H,9-17,19-22,62H2,1-8H3,(H,63,65)(H,64,91)(H,66,92)(H,67,95)(H,68,81)(H,69,82)(H,70,90)(H,71,85)(H,72,93)(H,73,94)(H,98,99)(H,100,101)/t25-,26-,27+,28+,32-,33-,34-,35-,36-,37+,38+,41-,42-,43-,44+,45+,46+,47-,48+,49+,58-,61+/m0/s1. The molecule has 0 radical (unpaired) electrons. The van der Waals surface area contributed by atoms with Crippen molar-refractivity contribution in [2.45, 2.75) is 227 Å². The van der Waals surface area contributed by atoms with E-state index >= 15 is 0 Å². The highest BCUT2D eigenvalue weighted by Crippen LogP contribution is 2.36. The minimum atomic E-state index is -3.06. The zero-order valence-corrected chi connectivity index (χ0v) is 58.3. The average Bonchev–Trinajstić information content (AvgIpc) is 1.02. The Balaban J connectivity index is 1.26. The van der Waals surface area contributed by atoms with Crippen LogP contribution in [0.2, 0.25) is 0 Å². The van der Waals surface area contributed by atoms with Gasteiger partial charge < -0.3 is 139 Å². The van der Waals surface area contributed by atoms with Gasteiger partial charge in [-0.15, -0.1) is 0 Å². The first kappa shape index (κ1) is 85.9. The Morgan fingerprint density at radius 2 is 1.31 bits per heavy atom. The molecule has 0 aromatic carbocycles. The zero-order valence-electron chi connectivity index (χ0n) is 58.3. The van der Waals surface area contributed by atoms with Gasteiger partial charge >= 0.3 is 11.9 Å². The van der Waals surface area contributed by atoms with Crippen molar-refractivity contribution in [3.05, 3.63) is 18.2 Å². The number of aliphatic carboxylic acids is 2. The van der Waals surface area contributed by atoms with E-state index < -0.39 is 261 Å². The maximum Gasteiger partial charge on any atom is 0.364 e. The highest BCUT2D eigenvalue weighted by atomic mass is 16.7. The Morgan fingerprint density at radius 3 is 1.86 bits per heavy atom. The molecule has 0 aliphatic carbocycles. The van der Waals surface area contributed by atoms with Crippen molar-refractivity contribution in [2.75, 3.05) is 46.0 Å². The van der Waals surface area contributed by atoms with Crippen LogP contribution in [0.1, 0.15) is 93.2 Å². The van der Waals surface area contributed by atoms with Crippen LogP contribution in [0.15, 0.2) is 12.5 Å². The van der Waals surface area contributed by atoms with E-state index in [4.69, 9.17) is 19.9 Å². The van der Waals surface area contributed by atoms with Gasteiger partial charge in [0.1, 0.15) is 91.0 Å². The van der Waals surface area contributed by atoms with E-state index in [1.165, 1.54) is 31.3 Å². The Hall–Kier alpha value is -8.73. The lowest BCUT2D eigenvalue weighted by molar-refractivity contribution is -0.325. The number of rotatable bonds is 35. The Morgan fingerprint density at radius 1 is 0.712 bits per heavy atom. The molecule has 4 aliphatic heterocycles. The van der Waals surface area contributed by atoms with E-state index in [2.05, 4.69) is 57.8 Å². The quantitative estimate of drug-likeness (QED) is 0.0300. The van der Waals surface area contributed by atoms with E-state index in [0.717, 1.165) is 32.6 Å². The smallest absolute Gasteiger partial charge is 0.364 e. The van der Waals surface area contributed by atoms with Gasteiger partial charge in [-0.1, -0.05) is 13.8 Å². The molecule has 0 saturated carbocycles. The SMILES string of the molecule is CC(=O)N[C@@H]1[C@@H](O)[C@@H](O)[C@@H](CO[C@]2(C(=O)O)C[C@H](O)[C@@H](NC(C)=O)[C@H]([C@H](O)[C@H](O)CO)O2)O[C@@H]1N(C(=O)CN)[C@@H](CO)C(=O)N[C@H](C(=O)N[C@@H](C)C(=O)N1CCC[C@H]1C(=O)N1CCC[C@H]1C(=O)N[C@@H](C)C(=O)N[C@@H](Cc1cnc[nH]1)C(=O)NCC(=O)N[C@H](C(=O)N[C@H](C(=O)O)[C@@H](C)O)C(C)C)[C@@H](C)O. The molecule has 5 heterocycles. The third-order valence-corrected chi connectivity index (χ3v) is 17.9. The molecule has 43 heteroatoms. The van der Waals surface area contributed by atoms with Gasteiger partial charge in [-0.05, 0) is 59.3 Å². The fourth-order valence-corrected chi connectivity index (χ4v) is 12.3. The summed E-state index contributed by atoms with van der Waals surface area (Å²) in [6.07, 6.45) is -18.2. The van der Waals surface area contributed by atoms with E-state index in [1.54, 1.807) is 13.8 Å². The van der Waals surface area contributed by atoms with Crippen LogP contribution in [0, 0.1) is 5.92 Å². The number of aromatic nitrogens is 2. The van der Waals surface area contributed by atoms with Gasteiger partial charge in [0.05, 0.1) is 63.6 Å². The lowest BCUT2D eigenvalue weighted by atomic mass is 9.88. The molecule has 5 rings (SSSR count). The number of carbonyl (C=O) groups is 14. The van der Waals surface area contributed by atoms with Gasteiger partial charge in [0, 0.05) is 51.7 Å². The number of likely N-dealkylation sites (tertiary alicyclic amines) is 2. The number of hydrogen-bond donors (Lipinski definition) is 22. The third kappa shape index (κ3) is 21.7. The number of nitrogens with one attached hydrogen (secondary N) is 10. The van der Waals surface area contributed by atoms with E-state index in [1.807, 2.05) is 0 Å². The minimum Gasteiger partial charge on any atom is -0.480 e. The first-order valence-electron chi connectivity index (χ1n) is 33.4. The predicted octanol–water partition coefficient (Wildman–Crippen LogP) is -12.2.